The van der Waals surface area contributed by atoms with Crippen LogP contribution in [0.1, 0.15) is 46.5 Å². The first kappa shape index (κ1) is 20.6. The van der Waals surface area contributed by atoms with E-state index in [1.54, 1.807) is 35.2 Å². The van der Waals surface area contributed by atoms with Crippen LogP contribution < -0.4 is 4.81 Å². The van der Waals surface area contributed by atoms with Crippen molar-refractivity contribution in [1.82, 2.24) is 0 Å². The Morgan fingerprint density at radius 2 is 1.55 bits per heavy atom. The van der Waals surface area contributed by atoms with Gasteiger partial charge < -0.3 is 4.81 Å². The summed E-state index contributed by atoms with van der Waals surface area (Å²) in [6.07, 6.45) is 1.77. The van der Waals surface area contributed by atoms with Crippen LogP contribution in [0.25, 0.3) is 11.6 Å². The molecule has 4 nitrogen and oxygen atoms in total. The molecule has 0 fully saturated rings. The van der Waals surface area contributed by atoms with Gasteiger partial charge in [-0.05, 0) is 46.5 Å². The van der Waals surface area contributed by atoms with Gasteiger partial charge in [0, 0.05) is 33.5 Å². The average molecular weight is 423 g/mol. The molecule has 5 rings (SSSR count). The van der Waals surface area contributed by atoms with Gasteiger partial charge in [-0.15, -0.1) is 0 Å². The van der Waals surface area contributed by atoms with E-state index >= 15 is 0 Å². The predicted octanol–water partition coefficient (Wildman–Crippen LogP) is 5.63. The molecule has 0 unspecified atom stereocenters. The second-order valence-corrected chi connectivity index (χ2v) is 8.70. The lowest BCUT2D eigenvalue weighted by Gasteiger charge is -2.41. The minimum absolute atomic E-state index is 0.0695. The van der Waals surface area contributed by atoms with Crippen molar-refractivity contribution in [1.29, 1.82) is 10.5 Å². The molecule has 0 N–H and O–H groups in total. The molecule has 0 amide bonds. The van der Waals surface area contributed by atoms with Crippen molar-refractivity contribution < 1.29 is 4.79 Å². The average Bonchev–Trinajstić information content (AvgIpc) is 3.10. The van der Waals surface area contributed by atoms with Crippen LogP contribution in [0, 0.1) is 22.7 Å². The number of allylic oxidation sites excluding steroid dienone is 3. The highest BCUT2D eigenvalue weighted by molar-refractivity contribution is 6.30. The van der Waals surface area contributed by atoms with Gasteiger partial charge in [0.2, 0.25) is 7.98 Å². The molecule has 1 heterocycles. The predicted molar refractivity (Wildman–Crippen MR) is 130 cm³/mol. The van der Waals surface area contributed by atoms with Crippen LogP contribution in [0.2, 0.25) is 0 Å². The molecular formula is C28H18BN3O. The monoisotopic (exact) mass is 423 g/mol. The smallest absolute Gasteiger partial charge is 0.234 e. The number of nitriles is 2. The van der Waals surface area contributed by atoms with Gasteiger partial charge in [0.05, 0.1) is 0 Å². The fraction of sp³-hybridized carbons (Fsp3) is 0.107. The first-order valence-electron chi connectivity index (χ1n) is 10.6. The van der Waals surface area contributed by atoms with Gasteiger partial charge in [0.15, 0.2) is 5.78 Å². The third-order valence-electron chi connectivity index (χ3n) is 6.53. The summed E-state index contributed by atoms with van der Waals surface area (Å²) in [7, 11) is 6.45. The van der Waals surface area contributed by atoms with Crippen molar-refractivity contribution >= 4 is 36.8 Å². The third kappa shape index (κ3) is 2.94. The summed E-state index contributed by atoms with van der Waals surface area (Å²) in [5.74, 6) is -0.189. The Balaban J connectivity index is 1.70. The maximum atomic E-state index is 13.2. The van der Waals surface area contributed by atoms with E-state index < -0.39 is 0 Å². The van der Waals surface area contributed by atoms with Crippen LogP contribution in [0.4, 0.5) is 11.4 Å². The molecule has 0 aromatic heterocycles. The standard InChI is InChI=1S/C28H18BN3O/c1-28(2)22-9-5-6-10-24(22)32(29)25-12-11-17(14-23(25)28)13-21-26(18(15-30)16-31)19-7-3-4-8-20(19)27(21)33/h3-14H,1-2H3/b21-13-. The molecule has 0 bridgehead atoms. The summed E-state index contributed by atoms with van der Waals surface area (Å²) in [6.45, 7) is 4.31. The number of fused-ring (bicyclic) bond motifs is 3. The molecule has 154 valence electrons. The maximum Gasteiger partial charge on any atom is 0.234 e. The summed E-state index contributed by atoms with van der Waals surface area (Å²) >= 11 is 0. The number of benzene rings is 3. The Morgan fingerprint density at radius 3 is 2.27 bits per heavy atom. The molecule has 0 saturated carbocycles. The summed E-state index contributed by atoms with van der Waals surface area (Å²) < 4.78 is 0. The highest BCUT2D eigenvalue weighted by Gasteiger charge is 2.35. The van der Waals surface area contributed by atoms with Gasteiger partial charge in [0.1, 0.15) is 17.7 Å². The molecule has 0 atom stereocenters. The van der Waals surface area contributed by atoms with Crippen molar-refractivity contribution in [2.24, 2.45) is 0 Å². The van der Waals surface area contributed by atoms with Crippen molar-refractivity contribution in [3.05, 3.63) is 106 Å². The van der Waals surface area contributed by atoms with Crippen molar-refractivity contribution in [2.45, 2.75) is 19.3 Å². The van der Waals surface area contributed by atoms with Crippen LogP contribution in [0.15, 0.2) is 77.9 Å². The molecular weight excluding hydrogens is 405 g/mol. The Kier molecular flexibility index (Phi) is 4.59. The first-order valence-corrected chi connectivity index (χ1v) is 10.6. The minimum Gasteiger partial charge on any atom is -0.397 e. The van der Waals surface area contributed by atoms with E-state index in [1.165, 1.54) is 0 Å². The Hall–Kier alpha value is -4.35. The van der Waals surface area contributed by atoms with Gasteiger partial charge in [-0.3, -0.25) is 4.79 Å². The van der Waals surface area contributed by atoms with Crippen LogP contribution in [0.3, 0.4) is 0 Å². The quantitative estimate of drug-likeness (QED) is 0.289. The lowest BCUT2D eigenvalue weighted by atomic mass is 9.72. The van der Waals surface area contributed by atoms with Crippen LogP contribution in [0.5, 0.6) is 0 Å². The molecule has 2 radical (unpaired) electrons. The number of ketones is 1. The topological polar surface area (TPSA) is 67.9 Å². The van der Waals surface area contributed by atoms with E-state index in [9.17, 15) is 15.3 Å². The Labute approximate surface area is 194 Å². The number of carbonyl (C=O) groups is 1. The van der Waals surface area contributed by atoms with Gasteiger partial charge in [-0.2, -0.15) is 10.5 Å². The number of hydrogen-bond acceptors (Lipinski definition) is 4. The number of anilines is 2. The molecule has 5 heteroatoms. The third-order valence-corrected chi connectivity index (χ3v) is 6.53. The summed E-state index contributed by atoms with van der Waals surface area (Å²) in [5.41, 5.74) is 6.30. The van der Waals surface area contributed by atoms with Gasteiger partial charge in [0.25, 0.3) is 0 Å². The van der Waals surface area contributed by atoms with Gasteiger partial charge >= 0.3 is 0 Å². The van der Waals surface area contributed by atoms with Crippen molar-refractivity contribution in [2.75, 3.05) is 4.81 Å². The van der Waals surface area contributed by atoms with E-state index in [-0.39, 0.29) is 16.8 Å². The minimum atomic E-state index is -0.303. The SMILES string of the molecule is [B]N1c2ccccc2C(C)(C)c2cc(/C=C3\C(=O)c4ccccc4C3=C(C#N)C#N)ccc21. The molecule has 1 aliphatic heterocycles. The fourth-order valence-corrected chi connectivity index (χ4v) is 4.85. The van der Waals surface area contributed by atoms with E-state index in [0.29, 0.717) is 22.3 Å². The van der Waals surface area contributed by atoms with Crippen LogP contribution in [-0.2, 0) is 5.41 Å². The van der Waals surface area contributed by atoms with Crippen molar-refractivity contribution in [3.63, 3.8) is 0 Å². The summed E-state index contributed by atoms with van der Waals surface area (Å²) in [4.78, 5) is 14.9. The Morgan fingerprint density at radius 1 is 0.909 bits per heavy atom. The molecule has 0 spiro atoms. The molecule has 1 aliphatic carbocycles. The van der Waals surface area contributed by atoms with Crippen LogP contribution >= 0.6 is 0 Å². The number of rotatable bonds is 1. The number of hydrogen-bond donors (Lipinski definition) is 0. The summed E-state index contributed by atoms with van der Waals surface area (Å²) in [6, 6.07) is 24.9. The molecule has 0 saturated heterocycles. The Bertz CT molecular complexity index is 1480. The zero-order valence-electron chi connectivity index (χ0n) is 18.3. The van der Waals surface area contributed by atoms with E-state index in [4.69, 9.17) is 7.98 Å². The number of para-hydroxylation sites is 1. The summed E-state index contributed by atoms with van der Waals surface area (Å²) in [5, 5.41) is 19.1. The normalized spacial score (nSPS) is 16.5. The lowest BCUT2D eigenvalue weighted by Crippen LogP contribution is -2.31. The lowest BCUT2D eigenvalue weighted by molar-refractivity contribution is 0.104. The van der Waals surface area contributed by atoms with Gasteiger partial charge in [-0.1, -0.05) is 62.4 Å². The number of nitrogens with zero attached hydrogens (tertiary/aromatic N) is 3. The van der Waals surface area contributed by atoms with E-state index in [1.807, 2.05) is 48.5 Å². The highest BCUT2D eigenvalue weighted by Crippen LogP contribution is 2.48. The zero-order chi connectivity index (χ0) is 23.3. The largest absolute Gasteiger partial charge is 0.397 e. The fourth-order valence-electron chi connectivity index (χ4n) is 4.85. The second-order valence-electron chi connectivity index (χ2n) is 8.70. The zero-order valence-corrected chi connectivity index (χ0v) is 18.3. The molecule has 3 aromatic rings. The van der Waals surface area contributed by atoms with Crippen molar-refractivity contribution in [3.8, 4) is 12.1 Å². The number of Topliss-reactive ketones (excluding diaryl/α,β-unsaturated/α-hetero) is 1. The van der Waals surface area contributed by atoms with E-state index in [2.05, 4.69) is 19.9 Å². The molecule has 3 aromatic carbocycles. The van der Waals surface area contributed by atoms with Gasteiger partial charge in [-0.25, -0.2) is 0 Å². The van der Waals surface area contributed by atoms with E-state index in [0.717, 1.165) is 28.1 Å². The van der Waals surface area contributed by atoms with Crippen LogP contribution in [-0.4, -0.2) is 13.8 Å². The highest BCUT2D eigenvalue weighted by atomic mass is 16.1. The first-order chi connectivity index (χ1) is 15.9. The maximum absolute atomic E-state index is 13.2. The molecule has 33 heavy (non-hydrogen) atoms. The number of carbonyl (C=O) groups excluding carboxylic acids is 1. The molecule has 2 aliphatic rings. The second kappa shape index (κ2) is 7.36.